The van der Waals surface area contributed by atoms with Crippen LogP contribution in [-0.2, 0) is 14.3 Å². The van der Waals surface area contributed by atoms with Gasteiger partial charge in [0.2, 0.25) is 5.91 Å². The number of carbonyl (C=O) groups excluding carboxylic acids is 1. The normalized spacial score (nSPS) is 42.9. The lowest BCUT2D eigenvalue weighted by atomic mass is 9.96. The van der Waals surface area contributed by atoms with Crippen molar-refractivity contribution in [2.75, 3.05) is 7.11 Å². The molecule has 2 heterocycles. The Hall–Kier alpha value is -0.610. The van der Waals surface area contributed by atoms with Gasteiger partial charge >= 0.3 is 0 Å². The molecule has 4 heteroatoms. The van der Waals surface area contributed by atoms with Crippen molar-refractivity contribution in [1.29, 1.82) is 0 Å². The zero-order valence-corrected chi connectivity index (χ0v) is 8.71. The number of methoxy groups -OCH3 is 1. The van der Waals surface area contributed by atoms with Gasteiger partial charge in [-0.15, -0.1) is 0 Å². The van der Waals surface area contributed by atoms with E-state index in [1.54, 1.807) is 7.11 Å². The third kappa shape index (κ3) is 1.53. The van der Waals surface area contributed by atoms with Crippen molar-refractivity contribution < 1.29 is 14.3 Å². The van der Waals surface area contributed by atoms with Gasteiger partial charge in [0.25, 0.3) is 0 Å². The molecule has 0 bridgehead atoms. The number of hydrogen-bond acceptors (Lipinski definition) is 3. The van der Waals surface area contributed by atoms with E-state index in [2.05, 4.69) is 5.32 Å². The van der Waals surface area contributed by atoms with Crippen LogP contribution in [0.5, 0.6) is 0 Å². The van der Waals surface area contributed by atoms with E-state index >= 15 is 0 Å². The van der Waals surface area contributed by atoms with E-state index in [1.807, 2.05) is 6.92 Å². The van der Waals surface area contributed by atoms with E-state index < -0.39 is 5.72 Å². The molecule has 1 amide bonds. The van der Waals surface area contributed by atoms with Crippen molar-refractivity contribution in [3.8, 4) is 0 Å². The minimum Gasteiger partial charge on any atom is -0.376 e. The summed E-state index contributed by atoms with van der Waals surface area (Å²) in [5, 5.41) is 2.91. The maximum Gasteiger partial charge on any atom is 0.225 e. The standard InChI is InChI=1S/C10H17NO3/c1-7-4-3-5-10(14-7)8(13-2)6-9(12)11-10/h7-8H,3-6H2,1-2H3,(H,11,12)/t7-,8-,10+/m0/s1. The first-order valence-corrected chi connectivity index (χ1v) is 5.18. The molecule has 3 atom stereocenters. The summed E-state index contributed by atoms with van der Waals surface area (Å²) in [6, 6.07) is 0. The van der Waals surface area contributed by atoms with Crippen LogP contribution in [0.15, 0.2) is 0 Å². The Kier molecular flexibility index (Phi) is 2.49. The minimum absolute atomic E-state index is 0.0333. The lowest BCUT2D eigenvalue weighted by Gasteiger charge is -2.40. The molecule has 14 heavy (non-hydrogen) atoms. The van der Waals surface area contributed by atoms with Gasteiger partial charge < -0.3 is 14.8 Å². The molecule has 1 spiro atoms. The third-order valence-corrected chi connectivity index (χ3v) is 3.10. The summed E-state index contributed by atoms with van der Waals surface area (Å²) in [4.78, 5) is 11.3. The Bertz CT molecular complexity index is 244. The molecule has 2 rings (SSSR count). The van der Waals surface area contributed by atoms with E-state index in [9.17, 15) is 4.79 Å². The quantitative estimate of drug-likeness (QED) is 0.679. The maximum absolute atomic E-state index is 11.3. The highest BCUT2D eigenvalue weighted by Gasteiger charge is 2.50. The van der Waals surface area contributed by atoms with Crippen molar-refractivity contribution in [3.63, 3.8) is 0 Å². The second-order valence-electron chi connectivity index (χ2n) is 4.19. The Balaban J connectivity index is 2.15. The summed E-state index contributed by atoms with van der Waals surface area (Å²) < 4.78 is 11.2. The Morgan fingerprint density at radius 3 is 3.07 bits per heavy atom. The molecule has 4 nitrogen and oxygen atoms in total. The van der Waals surface area contributed by atoms with E-state index in [1.165, 1.54) is 0 Å². The SMILES string of the molecule is CO[C@H]1CC(=O)N[C@@]12CCC[C@H](C)O2. The lowest BCUT2D eigenvalue weighted by molar-refractivity contribution is -0.184. The average Bonchev–Trinajstić information content (AvgIpc) is 2.41. The van der Waals surface area contributed by atoms with Crippen molar-refractivity contribution >= 4 is 5.91 Å². The second-order valence-corrected chi connectivity index (χ2v) is 4.19. The molecular weight excluding hydrogens is 182 g/mol. The lowest BCUT2D eigenvalue weighted by Crippen LogP contribution is -2.55. The molecule has 0 saturated carbocycles. The first kappa shape index (κ1) is 9.93. The molecule has 0 aromatic carbocycles. The Morgan fingerprint density at radius 2 is 2.43 bits per heavy atom. The van der Waals surface area contributed by atoms with Gasteiger partial charge in [0.1, 0.15) is 6.10 Å². The summed E-state index contributed by atoms with van der Waals surface area (Å²) >= 11 is 0. The highest BCUT2D eigenvalue weighted by atomic mass is 16.6. The topological polar surface area (TPSA) is 47.6 Å². The number of rotatable bonds is 1. The average molecular weight is 199 g/mol. The van der Waals surface area contributed by atoms with Crippen LogP contribution in [0.1, 0.15) is 32.6 Å². The van der Waals surface area contributed by atoms with Crippen LogP contribution in [0.4, 0.5) is 0 Å². The zero-order valence-electron chi connectivity index (χ0n) is 8.71. The molecule has 0 aliphatic carbocycles. The van der Waals surface area contributed by atoms with Crippen LogP contribution in [0.2, 0.25) is 0 Å². The predicted octanol–water partition coefficient (Wildman–Crippen LogP) is 0.807. The monoisotopic (exact) mass is 199 g/mol. The summed E-state index contributed by atoms with van der Waals surface area (Å²) in [5.74, 6) is 0.0333. The van der Waals surface area contributed by atoms with Gasteiger partial charge in [-0.25, -0.2) is 0 Å². The minimum atomic E-state index is -0.538. The van der Waals surface area contributed by atoms with Crippen molar-refractivity contribution in [2.45, 2.75) is 50.5 Å². The highest BCUT2D eigenvalue weighted by molar-refractivity contribution is 5.80. The molecule has 0 aromatic heterocycles. The van der Waals surface area contributed by atoms with Crippen molar-refractivity contribution in [1.82, 2.24) is 5.32 Å². The molecule has 2 aliphatic rings. The van der Waals surface area contributed by atoms with Crippen LogP contribution >= 0.6 is 0 Å². The molecule has 0 unspecified atom stereocenters. The summed E-state index contributed by atoms with van der Waals surface area (Å²) in [7, 11) is 1.63. The van der Waals surface area contributed by atoms with Crippen LogP contribution in [0.25, 0.3) is 0 Å². The number of amides is 1. The Labute approximate surface area is 84.0 Å². The van der Waals surface area contributed by atoms with Crippen LogP contribution in [0.3, 0.4) is 0 Å². The fraction of sp³-hybridized carbons (Fsp3) is 0.900. The van der Waals surface area contributed by atoms with E-state index in [-0.39, 0.29) is 18.1 Å². The molecule has 2 fully saturated rings. The van der Waals surface area contributed by atoms with E-state index in [4.69, 9.17) is 9.47 Å². The first-order chi connectivity index (χ1) is 6.66. The predicted molar refractivity (Wildman–Crippen MR) is 50.7 cm³/mol. The Morgan fingerprint density at radius 1 is 1.64 bits per heavy atom. The van der Waals surface area contributed by atoms with Gasteiger partial charge in [0.05, 0.1) is 12.5 Å². The van der Waals surface area contributed by atoms with Gasteiger partial charge in [-0.2, -0.15) is 0 Å². The van der Waals surface area contributed by atoms with Crippen molar-refractivity contribution in [2.24, 2.45) is 0 Å². The molecule has 2 saturated heterocycles. The smallest absolute Gasteiger partial charge is 0.225 e. The third-order valence-electron chi connectivity index (χ3n) is 3.10. The van der Waals surface area contributed by atoms with Crippen LogP contribution in [0, 0.1) is 0 Å². The van der Waals surface area contributed by atoms with E-state index in [0.717, 1.165) is 19.3 Å². The number of carbonyl (C=O) groups is 1. The summed E-state index contributed by atoms with van der Waals surface area (Å²) in [6.45, 7) is 2.04. The van der Waals surface area contributed by atoms with Crippen LogP contribution < -0.4 is 5.32 Å². The van der Waals surface area contributed by atoms with Crippen molar-refractivity contribution in [3.05, 3.63) is 0 Å². The van der Waals surface area contributed by atoms with E-state index in [0.29, 0.717) is 6.42 Å². The second kappa shape index (κ2) is 3.51. The van der Waals surface area contributed by atoms with Gasteiger partial charge in [-0.05, 0) is 26.2 Å². The van der Waals surface area contributed by atoms with Gasteiger partial charge in [0, 0.05) is 7.11 Å². The highest BCUT2D eigenvalue weighted by Crippen LogP contribution is 2.35. The molecule has 80 valence electrons. The number of nitrogens with one attached hydrogen (secondary N) is 1. The fourth-order valence-corrected chi connectivity index (χ4v) is 2.43. The molecular formula is C10H17NO3. The van der Waals surface area contributed by atoms with Crippen LogP contribution in [-0.4, -0.2) is 30.9 Å². The van der Waals surface area contributed by atoms with Gasteiger partial charge in [-0.3, -0.25) is 4.79 Å². The molecule has 0 radical (unpaired) electrons. The first-order valence-electron chi connectivity index (χ1n) is 5.18. The number of hydrogen-bond donors (Lipinski definition) is 1. The summed E-state index contributed by atoms with van der Waals surface area (Å²) in [6.07, 6.45) is 3.51. The number of ether oxygens (including phenoxy) is 2. The molecule has 0 aromatic rings. The molecule has 1 N–H and O–H groups in total. The fourth-order valence-electron chi connectivity index (χ4n) is 2.43. The van der Waals surface area contributed by atoms with Gasteiger partial charge in [-0.1, -0.05) is 0 Å². The molecule has 2 aliphatic heterocycles. The summed E-state index contributed by atoms with van der Waals surface area (Å²) in [5.41, 5.74) is -0.538. The largest absolute Gasteiger partial charge is 0.376 e. The maximum atomic E-state index is 11.3. The zero-order chi connectivity index (χ0) is 10.2. The van der Waals surface area contributed by atoms with Gasteiger partial charge in [0.15, 0.2) is 5.72 Å².